The zero-order valence-electron chi connectivity index (χ0n) is 20.7. The van der Waals surface area contributed by atoms with Crippen LogP contribution in [0.1, 0.15) is 43.5 Å². The summed E-state index contributed by atoms with van der Waals surface area (Å²) < 4.78 is 0. The summed E-state index contributed by atoms with van der Waals surface area (Å²) in [6, 6.07) is 29.7. The van der Waals surface area contributed by atoms with Crippen LogP contribution in [0.25, 0.3) is 0 Å². The third-order valence-corrected chi connectivity index (χ3v) is 6.74. The van der Waals surface area contributed by atoms with Crippen molar-refractivity contribution in [3.8, 4) is 0 Å². The number of nitrogens with one attached hydrogen (secondary N) is 1. The van der Waals surface area contributed by atoms with E-state index in [9.17, 15) is 4.79 Å². The second-order valence-corrected chi connectivity index (χ2v) is 10.2. The fraction of sp³-hybridized carbons (Fsp3) is 0.367. The number of piperazine rings is 1. The molecule has 0 spiro atoms. The standard InChI is InChI=1S/C30H37N3O/c1-30(2,3)26-16-14-25(15-17-26)28(23-31-29(34)22-24-10-6-4-7-11-24)33-20-18-32(19-21-33)27-12-8-5-9-13-27/h4-17,28H,18-23H2,1-3H3,(H,31,34). The van der Waals surface area contributed by atoms with Crippen LogP contribution >= 0.6 is 0 Å². The molecule has 34 heavy (non-hydrogen) atoms. The maximum atomic E-state index is 12.7. The molecule has 4 rings (SSSR count). The molecule has 0 radical (unpaired) electrons. The molecule has 1 aliphatic heterocycles. The number of rotatable bonds is 7. The van der Waals surface area contributed by atoms with Gasteiger partial charge in [-0.1, -0.05) is 93.6 Å². The SMILES string of the molecule is CC(C)(C)c1ccc(C(CNC(=O)Cc2ccccc2)N2CCN(c3ccccc3)CC2)cc1. The Kier molecular flexibility index (Phi) is 7.69. The zero-order valence-corrected chi connectivity index (χ0v) is 20.7. The highest BCUT2D eigenvalue weighted by molar-refractivity contribution is 5.78. The van der Waals surface area contributed by atoms with Crippen molar-refractivity contribution in [2.45, 2.75) is 38.6 Å². The highest BCUT2D eigenvalue weighted by Gasteiger charge is 2.26. The van der Waals surface area contributed by atoms with E-state index in [0.29, 0.717) is 13.0 Å². The molecule has 1 heterocycles. The monoisotopic (exact) mass is 455 g/mol. The molecular formula is C30H37N3O. The number of nitrogens with zero attached hydrogens (tertiary/aromatic N) is 2. The Morgan fingerprint density at radius 1 is 0.824 bits per heavy atom. The van der Waals surface area contributed by atoms with Gasteiger partial charge in [0.05, 0.1) is 12.5 Å². The Hall–Kier alpha value is -3.11. The van der Waals surface area contributed by atoms with Crippen LogP contribution in [0.5, 0.6) is 0 Å². The average molecular weight is 456 g/mol. The van der Waals surface area contributed by atoms with Crippen LogP contribution in [0.15, 0.2) is 84.9 Å². The lowest BCUT2D eigenvalue weighted by atomic mass is 9.86. The minimum Gasteiger partial charge on any atom is -0.369 e. The van der Waals surface area contributed by atoms with E-state index in [1.54, 1.807) is 0 Å². The molecule has 4 nitrogen and oxygen atoms in total. The van der Waals surface area contributed by atoms with Gasteiger partial charge in [0, 0.05) is 38.4 Å². The van der Waals surface area contributed by atoms with Crippen molar-refractivity contribution in [3.63, 3.8) is 0 Å². The van der Waals surface area contributed by atoms with E-state index < -0.39 is 0 Å². The molecule has 1 fully saturated rings. The minimum atomic E-state index is 0.0745. The van der Waals surface area contributed by atoms with Crippen LogP contribution < -0.4 is 10.2 Å². The largest absolute Gasteiger partial charge is 0.369 e. The fourth-order valence-corrected chi connectivity index (χ4v) is 4.65. The van der Waals surface area contributed by atoms with E-state index in [4.69, 9.17) is 0 Å². The van der Waals surface area contributed by atoms with E-state index in [1.807, 2.05) is 30.3 Å². The third-order valence-electron chi connectivity index (χ3n) is 6.74. The van der Waals surface area contributed by atoms with Crippen LogP contribution in [0.3, 0.4) is 0 Å². The molecule has 1 N–H and O–H groups in total. The minimum absolute atomic E-state index is 0.0745. The van der Waals surface area contributed by atoms with Gasteiger partial charge in [0.2, 0.25) is 5.91 Å². The average Bonchev–Trinajstić information content (AvgIpc) is 2.85. The first-order valence-electron chi connectivity index (χ1n) is 12.4. The van der Waals surface area contributed by atoms with Gasteiger partial charge in [0.1, 0.15) is 0 Å². The highest BCUT2D eigenvalue weighted by atomic mass is 16.1. The maximum Gasteiger partial charge on any atom is 0.224 e. The fourth-order valence-electron chi connectivity index (χ4n) is 4.65. The molecule has 1 atom stereocenters. The number of para-hydroxylation sites is 1. The Morgan fingerprint density at radius 3 is 2.00 bits per heavy atom. The summed E-state index contributed by atoms with van der Waals surface area (Å²) in [5.74, 6) is 0.0745. The first kappa shape index (κ1) is 24.0. The molecule has 1 unspecified atom stereocenters. The lowest BCUT2D eigenvalue weighted by Gasteiger charge is -2.40. The van der Waals surface area contributed by atoms with Crippen LogP contribution in [0.4, 0.5) is 5.69 Å². The van der Waals surface area contributed by atoms with Gasteiger partial charge in [-0.3, -0.25) is 9.69 Å². The molecule has 1 aliphatic rings. The number of benzene rings is 3. The summed E-state index contributed by atoms with van der Waals surface area (Å²) in [6.07, 6.45) is 0.415. The van der Waals surface area contributed by atoms with Crippen molar-refractivity contribution in [1.29, 1.82) is 0 Å². The first-order chi connectivity index (χ1) is 16.4. The van der Waals surface area contributed by atoms with Crippen molar-refractivity contribution >= 4 is 11.6 Å². The van der Waals surface area contributed by atoms with E-state index >= 15 is 0 Å². The summed E-state index contributed by atoms with van der Waals surface area (Å²) in [7, 11) is 0. The number of hydrogen-bond acceptors (Lipinski definition) is 3. The van der Waals surface area contributed by atoms with Gasteiger partial charge in [-0.15, -0.1) is 0 Å². The first-order valence-corrected chi connectivity index (χ1v) is 12.4. The molecule has 4 heteroatoms. The molecule has 0 saturated carbocycles. The van der Waals surface area contributed by atoms with Gasteiger partial charge < -0.3 is 10.2 Å². The smallest absolute Gasteiger partial charge is 0.224 e. The Morgan fingerprint density at radius 2 is 1.41 bits per heavy atom. The van der Waals surface area contributed by atoms with Gasteiger partial charge in [0.15, 0.2) is 0 Å². The van der Waals surface area contributed by atoms with Crippen molar-refractivity contribution in [2.75, 3.05) is 37.6 Å². The lowest BCUT2D eigenvalue weighted by molar-refractivity contribution is -0.120. The highest BCUT2D eigenvalue weighted by Crippen LogP contribution is 2.27. The molecule has 0 aliphatic carbocycles. The molecule has 1 saturated heterocycles. The second kappa shape index (κ2) is 10.9. The van der Waals surface area contributed by atoms with Crippen LogP contribution in [-0.4, -0.2) is 43.5 Å². The summed E-state index contributed by atoms with van der Waals surface area (Å²) in [4.78, 5) is 17.7. The Labute approximate surface area is 204 Å². The molecule has 3 aromatic rings. The summed E-state index contributed by atoms with van der Waals surface area (Å²) in [6.45, 7) is 11.2. The predicted molar refractivity (Wildman–Crippen MR) is 141 cm³/mol. The van der Waals surface area contributed by atoms with Gasteiger partial charge in [-0.25, -0.2) is 0 Å². The number of hydrogen-bond donors (Lipinski definition) is 1. The maximum absolute atomic E-state index is 12.7. The van der Waals surface area contributed by atoms with E-state index in [-0.39, 0.29) is 17.4 Å². The second-order valence-electron chi connectivity index (χ2n) is 10.2. The molecule has 0 aromatic heterocycles. The van der Waals surface area contributed by atoms with E-state index in [1.165, 1.54) is 16.8 Å². The van der Waals surface area contributed by atoms with Crippen LogP contribution in [-0.2, 0) is 16.6 Å². The molecule has 3 aromatic carbocycles. The third kappa shape index (κ3) is 6.27. The normalized spacial score (nSPS) is 15.7. The molecule has 1 amide bonds. The van der Waals surface area contributed by atoms with E-state index in [2.05, 4.69) is 90.5 Å². The number of anilines is 1. The van der Waals surface area contributed by atoms with Crippen molar-refractivity contribution in [1.82, 2.24) is 10.2 Å². The van der Waals surface area contributed by atoms with Crippen molar-refractivity contribution in [2.24, 2.45) is 0 Å². The number of carbonyl (C=O) groups excluding carboxylic acids is 1. The van der Waals surface area contributed by atoms with Gasteiger partial charge >= 0.3 is 0 Å². The van der Waals surface area contributed by atoms with Crippen molar-refractivity contribution < 1.29 is 4.79 Å². The van der Waals surface area contributed by atoms with Crippen LogP contribution in [0, 0.1) is 0 Å². The Balaban J connectivity index is 1.45. The summed E-state index contributed by atoms with van der Waals surface area (Å²) in [5.41, 5.74) is 5.05. The topological polar surface area (TPSA) is 35.6 Å². The summed E-state index contributed by atoms with van der Waals surface area (Å²) in [5, 5.41) is 3.22. The zero-order chi connectivity index (χ0) is 24.0. The summed E-state index contributed by atoms with van der Waals surface area (Å²) >= 11 is 0. The molecule has 178 valence electrons. The molecule has 0 bridgehead atoms. The van der Waals surface area contributed by atoms with Gasteiger partial charge in [-0.05, 0) is 34.2 Å². The van der Waals surface area contributed by atoms with Gasteiger partial charge in [-0.2, -0.15) is 0 Å². The number of carbonyl (C=O) groups is 1. The Bertz CT molecular complexity index is 1030. The molecular weight excluding hydrogens is 418 g/mol. The quantitative estimate of drug-likeness (QED) is 0.531. The van der Waals surface area contributed by atoms with Crippen molar-refractivity contribution in [3.05, 3.63) is 102 Å². The van der Waals surface area contributed by atoms with Gasteiger partial charge in [0.25, 0.3) is 0 Å². The van der Waals surface area contributed by atoms with Crippen LogP contribution in [0.2, 0.25) is 0 Å². The van der Waals surface area contributed by atoms with E-state index in [0.717, 1.165) is 31.7 Å². The predicted octanol–water partition coefficient (Wildman–Crippen LogP) is 5.21. The number of amides is 1. The lowest BCUT2D eigenvalue weighted by Crippen LogP contribution is -2.50.